The first kappa shape index (κ1) is 12.3. The molecule has 3 N–H and O–H groups in total. The van der Waals surface area contributed by atoms with Crippen molar-refractivity contribution >= 4 is 29.4 Å². The van der Waals surface area contributed by atoms with Crippen molar-refractivity contribution in [1.29, 1.82) is 0 Å². The smallest absolute Gasteiger partial charge is 0.358 e. The number of aromatic nitrogens is 1. The number of halogens is 1. The van der Waals surface area contributed by atoms with Gasteiger partial charge in [0.1, 0.15) is 0 Å². The van der Waals surface area contributed by atoms with Crippen molar-refractivity contribution in [2.75, 3.05) is 5.73 Å². The van der Waals surface area contributed by atoms with Gasteiger partial charge in [-0.1, -0.05) is 11.6 Å². The Labute approximate surface area is 96.1 Å². The van der Waals surface area contributed by atoms with Gasteiger partial charge in [-0.3, -0.25) is 15.4 Å². The maximum absolute atomic E-state index is 11.2. The van der Waals surface area contributed by atoms with E-state index in [1.54, 1.807) is 6.07 Å². The van der Waals surface area contributed by atoms with Crippen LogP contribution in [0.25, 0.3) is 0 Å². The number of pyridine rings is 1. The van der Waals surface area contributed by atoms with Crippen LogP contribution in [-0.2, 0) is 9.59 Å². The number of hydrogen-bond donors (Lipinski definition) is 2. The summed E-state index contributed by atoms with van der Waals surface area (Å²) in [4.78, 5) is 26.2. The molecule has 0 unspecified atom stereocenters. The van der Waals surface area contributed by atoms with Crippen molar-refractivity contribution in [2.24, 2.45) is 0 Å². The van der Waals surface area contributed by atoms with Crippen LogP contribution in [0, 0.1) is 0 Å². The second kappa shape index (κ2) is 5.32. The van der Waals surface area contributed by atoms with Gasteiger partial charge in [-0.25, -0.2) is 4.79 Å². The Hall–Kier alpha value is -1.82. The molecular weight excluding hydrogens is 236 g/mol. The molecule has 1 heterocycles. The zero-order valence-corrected chi connectivity index (χ0v) is 8.98. The molecule has 0 saturated heterocycles. The largest absolute Gasteiger partial charge is 0.481 e. The standard InChI is InChI=1S/C9H9ClN2O4/c10-6-1-2-7(11)12(5-6)16-9(15)4-3-8(13)14/h1-2,5,11H,3-4H2,(H,13,14)/p+1. The van der Waals surface area contributed by atoms with Crippen molar-refractivity contribution in [1.82, 2.24) is 0 Å². The summed E-state index contributed by atoms with van der Waals surface area (Å²) in [6.07, 6.45) is 0.795. The normalized spacial score (nSPS) is 9.81. The minimum Gasteiger partial charge on any atom is -0.481 e. The van der Waals surface area contributed by atoms with Crippen molar-refractivity contribution in [3.05, 3.63) is 23.4 Å². The average Bonchev–Trinajstić information content (AvgIpc) is 2.20. The van der Waals surface area contributed by atoms with Crippen LogP contribution in [0.3, 0.4) is 0 Å². The van der Waals surface area contributed by atoms with Crippen LogP contribution < -0.4 is 15.3 Å². The van der Waals surface area contributed by atoms with Gasteiger partial charge in [-0.05, 0) is 10.8 Å². The Balaban J connectivity index is 2.62. The van der Waals surface area contributed by atoms with Crippen LogP contribution in [0.4, 0.5) is 5.82 Å². The third kappa shape index (κ3) is 3.74. The van der Waals surface area contributed by atoms with Gasteiger partial charge in [0.2, 0.25) is 0 Å². The van der Waals surface area contributed by atoms with Crippen LogP contribution in [0.15, 0.2) is 18.3 Å². The molecule has 0 saturated carbocycles. The fraction of sp³-hybridized carbons (Fsp3) is 0.222. The summed E-state index contributed by atoms with van der Waals surface area (Å²) < 4.78 is 0.993. The molecule has 86 valence electrons. The number of carboxylic acid groups (broad SMARTS) is 1. The first-order valence-corrected chi connectivity index (χ1v) is 4.76. The first-order chi connectivity index (χ1) is 7.49. The van der Waals surface area contributed by atoms with Crippen LogP contribution >= 0.6 is 11.6 Å². The number of nitrogens with zero attached hydrogens (tertiary/aromatic N) is 1. The molecule has 0 fully saturated rings. The summed E-state index contributed by atoms with van der Waals surface area (Å²) >= 11 is 5.67. The lowest BCUT2D eigenvalue weighted by molar-refractivity contribution is -0.857. The summed E-state index contributed by atoms with van der Waals surface area (Å²) in [6, 6.07) is 3.01. The fourth-order valence-corrected chi connectivity index (χ4v) is 1.06. The monoisotopic (exact) mass is 245 g/mol. The highest BCUT2D eigenvalue weighted by atomic mass is 35.5. The average molecular weight is 246 g/mol. The number of anilines is 1. The molecule has 0 atom stereocenters. The van der Waals surface area contributed by atoms with Gasteiger partial charge < -0.3 is 5.11 Å². The van der Waals surface area contributed by atoms with Gasteiger partial charge in [-0.2, -0.15) is 0 Å². The molecule has 0 aromatic carbocycles. The zero-order chi connectivity index (χ0) is 12.1. The Morgan fingerprint density at radius 2 is 2.12 bits per heavy atom. The highest BCUT2D eigenvalue weighted by Gasteiger charge is 2.13. The molecular formula is C9H10ClN2O4+. The zero-order valence-electron chi connectivity index (χ0n) is 8.22. The van der Waals surface area contributed by atoms with Gasteiger partial charge in [0.15, 0.2) is 6.20 Å². The number of carbonyl (C=O) groups is 2. The third-order valence-electron chi connectivity index (χ3n) is 1.65. The lowest BCUT2D eigenvalue weighted by atomic mass is 10.3. The number of aliphatic carboxylic acids is 1. The topological polar surface area (TPSA) is 93.5 Å². The predicted octanol–water partition coefficient (Wildman–Crippen LogP) is 0.0297. The third-order valence-corrected chi connectivity index (χ3v) is 1.88. The molecule has 16 heavy (non-hydrogen) atoms. The molecule has 1 aromatic rings. The number of carbonyl (C=O) groups excluding carboxylic acids is 1. The molecule has 0 bridgehead atoms. The van der Waals surface area contributed by atoms with E-state index in [9.17, 15) is 9.59 Å². The van der Waals surface area contributed by atoms with Crippen LogP contribution in [0.2, 0.25) is 5.02 Å². The molecule has 0 aliphatic heterocycles. The Morgan fingerprint density at radius 1 is 1.44 bits per heavy atom. The van der Waals surface area contributed by atoms with E-state index >= 15 is 0 Å². The second-order valence-electron chi connectivity index (χ2n) is 2.96. The Bertz CT molecular complexity index is 422. The van der Waals surface area contributed by atoms with Crippen molar-refractivity contribution < 1.29 is 24.3 Å². The number of carboxylic acids is 1. The molecule has 0 spiro atoms. The fourth-order valence-electron chi connectivity index (χ4n) is 0.911. The van der Waals surface area contributed by atoms with Crippen molar-refractivity contribution in [2.45, 2.75) is 12.8 Å². The number of nitrogen functional groups attached to an aromatic ring is 1. The number of hydrogen-bond acceptors (Lipinski definition) is 4. The first-order valence-electron chi connectivity index (χ1n) is 4.38. The summed E-state index contributed by atoms with van der Waals surface area (Å²) in [6.45, 7) is 0. The molecule has 0 aliphatic rings. The van der Waals surface area contributed by atoms with E-state index in [2.05, 4.69) is 0 Å². The molecule has 1 aromatic heterocycles. The number of nitrogens with two attached hydrogens (primary N) is 1. The molecule has 0 radical (unpaired) electrons. The minimum atomic E-state index is -1.07. The Kier molecular flexibility index (Phi) is 4.07. The van der Waals surface area contributed by atoms with Gasteiger partial charge in [0.25, 0.3) is 0 Å². The van der Waals surface area contributed by atoms with Gasteiger partial charge in [-0.15, -0.1) is 0 Å². The Morgan fingerprint density at radius 3 is 2.75 bits per heavy atom. The minimum absolute atomic E-state index is 0.188. The van der Waals surface area contributed by atoms with Gasteiger partial charge in [0, 0.05) is 6.07 Å². The highest BCUT2D eigenvalue weighted by Crippen LogP contribution is 2.05. The second-order valence-corrected chi connectivity index (χ2v) is 3.39. The SMILES string of the molecule is Nc1ccc(Cl)c[n+]1OC(=O)CCC(=O)O. The van der Waals surface area contributed by atoms with Crippen LogP contribution in [0.1, 0.15) is 12.8 Å². The van der Waals surface area contributed by atoms with E-state index < -0.39 is 11.9 Å². The maximum Gasteiger partial charge on any atom is 0.358 e. The van der Waals surface area contributed by atoms with E-state index in [0.29, 0.717) is 5.02 Å². The summed E-state index contributed by atoms with van der Waals surface area (Å²) in [5.41, 5.74) is 5.50. The van der Waals surface area contributed by atoms with E-state index in [4.69, 9.17) is 27.3 Å². The molecule has 7 heteroatoms. The lowest BCUT2D eigenvalue weighted by Crippen LogP contribution is -2.47. The van der Waals surface area contributed by atoms with E-state index in [-0.39, 0.29) is 18.7 Å². The molecule has 6 nitrogen and oxygen atoms in total. The van der Waals surface area contributed by atoms with E-state index in [0.717, 1.165) is 4.73 Å². The van der Waals surface area contributed by atoms with Crippen LogP contribution in [-0.4, -0.2) is 17.0 Å². The predicted molar refractivity (Wildman–Crippen MR) is 54.5 cm³/mol. The van der Waals surface area contributed by atoms with Crippen molar-refractivity contribution in [3.63, 3.8) is 0 Å². The summed E-state index contributed by atoms with van der Waals surface area (Å²) in [5, 5.41) is 8.71. The summed E-state index contributed by atoms with van der Waals surface area (Å²) in [7, 11) is 0. The van der Waals surface area contributed by atoms with E-state index in [1.165, 1.54) is 12.3 Å². The van der Waals surface area contributed by atoms with Gasteiger partial charge in [0.05, 0.1) is 17.9 Å². The molecule has 0 amide bonds. The quantitative estimate of drug-likeness (QED) is 0.730. The molecule has 0 aliphatic carbocycles. The van der Waals surface area contributed by atoms with E-state index in [1.807, 2.05) is 0 Å². The number of rotatable bonds is 4. The maximum atomic E-state index is 11.2. The highest BCUT2D eigenvalue weighted by molar-refractivity contribution is 6.30. The lowest BCUT2D eigenvalue weighted by Gasteiger charge is -2.01. The summed E-state index contributed by atoms with van der Waals surface area (Å²) in [5.74, 6) is -1.57. The van der Waals surface area contributed by atoms with Gasteiger partial charge >= 0.3 is 17.8 Å². The molecule has 1 rings (SSSR count). The van der Waals surface area contributed by atoms with Crippen LogP contribution in [0.5, 0.6) is 0 Å². The van der Waals surface area contributed by atoms with Crippen molar-refractivity contribution in [3.8, 4) is 0 Å².